The fourth-order valence-corrected chi connectivity index (χ4v) is 4.68. The number of aliphatic hydroxyl groups is 1. The molecule has 1 saturated heterocycles. The second-order valence-corrected chi connectivity index (χ2v) is 10.4. The zero-order valence-corrected chi connectivity index (χ0v) is 20.7. The summed E-state index contributed by atoms with van der Waals surface area (Å²) in [5, 5.41) is 15.1. The number of carbonyl (C=O) groups excluding carboxylic acids is 2. The number of carbonyl (C=O) groups is 2. The van der Waals surface area contributed by atoms with Crippen LogP contribution in [0.15, 0.2) is 48.5 Å². The van der Waals surface area contributed by atoms with Crippen LogP contribution in [0.2, 0.25) is 5.02 Å². The summed E-state index contributed by atoms with van der Waals surface area (Å²) >= 11 is 6.16. The number of nitrogens with one attached hydrogen (secondary N) is 1. The molecule has 6 nitrogen and oxygen atoms in total. The Morgan fingerprint density at radius 1 is 1.18 bits per heavy atom. The topological polar surface area (TPSA) is 78.9 Å². The fraction of sp³-hybridized carbons (Fsp3) is 0.462. The first-order chi connectivity index (χ1) is 15.4. The van der Waals surface area contributed by atoms with E-state index in [9.17, 15) is 14.7 Å². The van der Waals surface area contributed by atoms with Crippen LogP contribution in [0.25, 0.3) is 0 Å². The van der Waals surface area contributed by atoms with Crippen LogP contribution in [0.1, 0.15) is 56.5 Å². The first-order valence-corrected chi connectivity index (χ1v) is 11.5. The van der Waals surface area contributed by atoms with Crippen LogP contribution >= 0.6 is 11.6 Å². The number of rotatable bonds is 6. The van der Waals surface area contributed by atoms with Gasteiger partial charge in [0.1, 0.15) is 5.75 Å². The molecule has 1 atom stereocenters. The number of nitrogens with zero attached hydrogens (tertiary/aromatic N) is 1. The van der Waals surface area contributed by atoms with Gasteiger partial charge in [0, 0.05) is 36.0 Å². The van der Waals surface area contributed by atoms with E-state index in [0.29, 0.717) is 35.8 Å². The van der Waals surface area contributed by atoms with E-state index >= 15 is 0 Å². The number of amides is 2. The minimum atomic E-state index is -1.14. The standard InChI is InChI=1S/C26H33ClN2O4/c1-24(2)17-29(14-13-26(24,32)19-11-12-20(27)21(15-19)33-5)22(30)16-25(3,4)28-23(31)18-9-7-6-8-10-18/h6-12,15,32H,13-14,16-17H2,1-5H3,(H,28,31)/t26-/m0/s1. The van der Waals surface area contributed by atoms with Gasteiger partial charge in [-0.2, -0.15) is 0 Å². The van der Waals surface area contributed by atoms with Crippen LogP contribution < -0.4 is 10.1 Å². The molecule has 3 rings (SSSR count). The number of ether oxygens (including phenoxy) is 1. The predicted octanol–water partition coefficient (Wildman–Crippen LogP) is 4.39. The van der Waals surface area contributed by atoms with E-state index in [-0.39, 0.29) is 18.2 Å². The van der Waals surface area contributed by atoms with E-state index in [0.717, 1.165) is 5.56 Å². The Kier molecular flexibility index (Phi) is 7.10. The van der Waals surface area contributed by atoms with Gasteiger partial charge in [-0.25, -0.2) is 0 Å². The molecule has 1 aliphatic heterocycles. The molecule has 7 heteroatoms. The molecule has 1 heterocycles. The third kappa shape index (κ3) is 5.33. The van der Waals surface area contributed by atoms with Crippen LogP contribution in [0.5, 0.6) is 5.75 Å². The number of hydrogen-bond donors (Lipinski definition) is 2. The summed E-state index contributed by atoms with van der Waals surface area (Å²) in [7, 11) is 1.54. The summed E-state index contributed by atoms with van der Waals surface area (Å²) in [6.45, 7) is 8.39. The highest BCUT2D eigenvalue weighted by atomic mass is 35.5. The van der Waals surface area contributed by atoms with Crippen molar-refractivity contribution < 1.29 is 19.4 Å². The van der Waals surface area contributed by atoms with E-state index in [1.54, 1.807) is 48.4 Å². The van der Waals surface area contributed by atoms with Crippen LogP contribution in [-0.2, 0) is 10.4 Å². The molecule has 2 aromatic rings. The van der Waals surface area contributed by atoms with E-state index in [2.05, 4.69) is 5.32 Å². The van der Waals surface area contributed by atoms with Crippen molar-refractivity contribution in [3.63, 3.8) is 0 Å². The van der Waals surface area contributed by atoms with E-state index in [1.807, 2.05) is 39.8 Å². The fourth-order valence-electron chi connectivity index (χ4n) is 4.49. The molecule has 0 radical (unpaired) electrons. The predicted molar refractivity (Wildman–Crippen MR) is 129 cm³/mol. The second-order valence-electron chi connectivity index (χ2n) is 10.0. The van der Waals surface area contributed by atoms with Crippen LogP contribution in [0, 0.1) is 5.41 Å². The third-order valence-corrected chi connectivity index (χ3v) is 6.82. The zero-order chi connectivity index (χ0) is 24.4. The monoisotopic (exact) mass is 472 g/mol. The van der Waals surface area contributed by atoms with Gasteiger partial charge in [0.2, 0.25) is 5.91 Å². The van der Waals surface area contributed by atoms with Gasteiger partial charge in [-0.3, -0.25) is 9.59 Å². The van der Waals surface area contributed by atoms with E-state index in [4.69, 9.17) is 16.3 Å². The lowest BCUT2D eigenvalue weighted by Gasteiger charge is -2.51. The van der Waals surface area contributed by atoms with E-state index < -0.39 is 16.6 Å². The van der Waals surface area contributed by atoms with Crippen molar-refractivity contribution in [2.45, 2.75) is 51.7 Å². The highest BCUT2D eigenvalue weighted by Crippen LogP contribution is 2.47. The third-order valence-electron chi connectivity index (χ3n) is 6.51. The van der Waals surface area contributed by atoms with E-state index in [1.165, 1.54) is 0 Å². The van der Waals surface area contributed by atoms with Crippen LogP contribution in [0.3, 0.4) is 0 Å². The molecule has 0 unspecified atom stereocenters. The van der Waals surface area contributed by atoms with Gasteiger partial charge < -0.3 is 20.1 Å². The molecule has 2 aromatic carbocycles. The molecule has 2 N–H and O–H groups in total. The summed E-state index contributed by atoms with van der Waals surface area (Å²) in [5.74, 6) is 0.239. The highest BCUT2D eigenvalue weighted by molar-refractivity contribution is 6.32. The van der Waals surface area contributed by atoms with Gasteiger partial charge in [-0.05, 0) is 50.1 Å². The number of methoxy groups -OCH3 is 1. The maximum atomic E-state index is 13.2. The molecule has 0 aromatic heterocycles. The van der Waals surface area contributed by atoms with Crippen molar-refractivity contribution >= 4 is 23.4 Å². The molecule has 0 saturated carbocycles. The summed E-state index contributed by atoms with van der Waals surface area (Å²) in [6, 6.07) is 14.3. The lowest BCUT2D eigenvalue weighted by atomic mass is 9.66. The second kappa shape index (κ2) is 9.35. The summed E-state index contributed by atoms with van der Waals surface area (Å²) in [4.78, 5) is 27.5. The Hall–Kier alpha value is -2.57. The SMILES string of the molecule is COc1cc([C@@]2(O)CCN(C(=O)CC(C)(C)NC(=O)c3ccccc3)CC2(C)C)ccc1Cl. The van der Waals surface area contributed by atoms with Crippen molar-refractivity contribution in [1.82, 2.24) is 10.2 Å². The Morgan fingerprint density at radius 3 is 2.45 bits per heavy atom. The molecular formula is C26H33ClN2O4. The molecule has 0 aliphatic carbocycles. The average molecular weight is 473 g/mol. The highest BCUT2D eigenvalue weighted by Gasteiger charge is 2.50. The number of piperidine rings is 1. The normalized spacial score (nSPS) is 20.3. The quantitative estimate of drug-likeness (QED) is 0.653. The molecule has 1 aliphatic rings. The zero-order valence-electron chi connectivity index (χ0n) is 19.9. The Balaban J connectivity index is 1.70. The van der Waals surface area contributed by atoms with Crippen molar-refractivity contribution in [1.29, 1.82) is 0 Å². The van der Waals surface area contributed by atoms with Gasteiger partial charge in [0.15, 0.2) is 0 Å². The first-order valence-electron chi connectivity index (χ1n) is 11.1. The Morgan fingerprint density at radius 2 is 1.85 bits per heavy atom. The summed E-state index contributed by atoms with van der Waals surface area (Å²) in [5.41, 5.74) is -1.20. The van der Waals surface area contributed by atoms with Crippen molar-refractivity contribution in [3.05, 3.63) is 64.7 Å². The molecule has 0 spiro atoms. The smallest absolute Gasteiger partial charge is 0.251 e. The molecule has 178 valence electrons. The maximum absolute atomic E-state index is 13.2. The maximum Gasteiger partial charge on any atom is 0.251 e. The summed E-state index contributed by atoms with van der Waals surface area (Å²) < 4.78 is 5.33. The molecular weight excluding hydrogens is 440 g/mol. The average Bonchev–Trinajstić information content (AvgIpc) is 2.75. The van der Waals surface area contributed by atoms with Gasteiger partial charge in [0.25, 0.3) is 5.91 Å². The minimum absolute atomic E-state index is 0.0582. The number of hydrogen-bond acceptors (Lipinski definition) is 4. The number of benzene rings is 2. The Bertz CT molecular complexity index is 1020. The molecule has 0 bridgehead atoms. The summed E-state index contributed by atoms with van der Waals surface area (Å²) in [6.07, 6.45) is 0.544. The lowest BCUT2D eigenvalue weighted by molar-refractivity contribution is -0.154. The van der Waals surface area contributed by atoms with Gasteiger partial charge >= 0.3 is 0 Å². The van der Waals surface area contributed by atoms with Crippen molar-refractivity contribution in [2.24, 2.45) is 5.41 Å². The number of halogens is 1. The molecule has 2 amide bonds. The van der Waals surface area contributed by atoms with Gasteiger partial charge in [-0.15, -0.1) is 0 Å². The Labute approximate surface area is 200 Å². The number of likely N-dealkylation sites (tertiary alicyclic amines) is 1. The molecule has 1 fully saturated rings. The van der Waals surface area contributed by atoms with Crippen LogP contribution in [0.4, 0.5) is 0 Å². The van der Waals surface area contributed by atoms with Crippen molar-refractivity contribution in [3.8, 4) is 5.75 Å². The lowest BCUT2D eigenvalue weighted by Crippen LogP contribution is -2.58. The van der Waals surface area contributed by atoms with Gasteiger partial charge in [0.05, 0.1) is 17.7 Å². The van der Waals surface area contributed by atoms with Crippen molar-refractivity contribution in [2.75, 3.05) is 20.2 Å². The van der Waals surface area contributed by atoms with Crippen LogP contribution in [-0.4, -0.2) is 47.6 Å². The minimum Gasteiger partial charge on any atom is -0.495 e. The molecule has 33 heavy (non-hydrogen) atoms. The largest absolute Gasteiger partial charge is 0.495 e. The van der Waals surface area contributed by atoms with Gasteiger partial charge in [-0.1, -0.05) is 49.7 Å². The first kappa shape index (κ1) is 25.1.